The Morgan fingerprint density at radius 3 is 2.35 bits per heavy atom. The van der Waals surface area contributed by atoms with Crippen molar-refractivity contribution >= 4 is 43.5 Å². The number of hydrogen-bond donors (Lipinski definition) is 2. The second kappa shape index (κ2) is 6.37. The van der Waals surface area contributed by atoms with E-state index in [0.717, 1.165) is 10.2 Å². The normalized spacial score (nSPS) is 11.9. The van der Waals surface area contributed by atoms with E-state index in [0.29, 0.717) is 10.0 Å². The van der Waals surface area contributed by atoms with E-state index in [9.17, 15) is 9.18 Å². The molecule has 2 aromatic rings. The number of nitrogens with two attached hydrogens (primary N) is 1. The monoisotopic (exact) mass is 400 g/mol. The number of nitrogens with one attached hydrogen (secondary N) is 1. The van der Waals surface area contributed by atoms with Gasteiger partial charge in [-0.15, -0.1) is 0 Å². The molecule has 0 aliphatic heterocycles. The lowest BCUT2D eigenvalue weighted by molar-refractivity contribution is -0.118. The number of amides is 1. The molecule has 1 atom stereocenters. The highest BCUT2D eigenvalue weighted by Gasteiger charge is 2.18. The molecule has 1 unspecified atom stereocenters. The van der Waals surface area contributed by atoms with Gasteiger partial charge in [0.05, 0.1) is 4.47 Å². The zero-order valence-corrected chi connectivity index (χ0v) is 13.4. The molecule has 2 aromatic carbocycles. The van der Waals surface area contributed by atoms with Crippen molar-refractivity contribution in [2.75, 3.05) is 5.32 Å². The highest BCUT2D eigenvalue weighted by Crippen LogP contribution is 2.24. The first-order valence-corrected chi connectivity index (χ1v) is 7.32. The molecule has 0 aliphatic rings. The molecule has 0 saturated carbocycles. The van der Waals surface area contributed by atoms with Gasteiger partial charge in [-0.05, 0) is 57.9 Å². The first-order chi connectivity index (χ1) is 9.47. The Labute approximate surface area is 132 Å². The van der Waals surface area contributed by atoms with Crippen LogP contribution in [0.3, 0.4) is 0 Å². The van der Waals surface area contributed by atoms with Crippen molar-refractivity contribution < 1.29 is 9.18 Å². The Bertz CT molecular complexity index is 632. The molecule has 0 spiro atoms. The zero-order valence-electron chi connectivity index (χ0n) is 10.2. The molecular formula is C14H11Br2FN2O. The molecule has 0 aromatic heterocycles. The molecule has 0 radical (unpaired) electrons. The van der Waals surface area contributed by atoms with Gasteiger partial charge in [0.25, 0.3) is 0 Å². The van der Waals surface area contributed by atoms with Crippen LogP contribution in [0.1, 0.15) is 11.6 Å². The molecular weight excluding hydrogens is 391 g/mol. The summed E-state index contributed by atoms with van der Waals surface area (Å²) >= 11 is 6.40. The molecule has 0 heterocycles. The van der Waals surface area contributed by atoms with Gasteiger partial charge in [0.2, 0.25) is 5.91 Å². The van der Waals surface area contributed by atoms with Crippen LogP contribution in [0.2, 0.25) is 0 Å². The van der Waals surface area contributed by atoms with E-state index in [1.54, 1.807) is 24.3 Å². The van der Waals surface area contributed by atoms with Crippen LogP contribution in [-0.4, -0.2) is 5.91 Å². The van der Waals surface area contributed by atoms with Gasteiger partial charge in [-0.2, -0.15) is 0 Å². The van der Waals surface area contributed by atoms with Crippen molar-refractivity contribution in [1.29, 1.82) is 0 Å². The summed E-state index contributed by atoms with van der Waals surface area (Å²) in [7, 11) is 0. The molecule has 0 aliphatic carbocycles. The minimum absolute atomic E-state index is 0.341. The summed E-state index contributed by atoms with van der Waals surface area (Å²) in [6.07, 6.45) is 0. The van der Waals surface area contributed by atoms with E-state index in [2.05, 4.69) is 37.2 Å². The molecule has 104 valence electrons. The summed E-state index contributed by atoms with van der Waals surface area (Å²) in [6.45, 7) is 0. The fourth-order valence-electron chi connectivity index (χ4n) is 1.72. The summed E-state index contributed by atoms with van der Waals surface area (Å²) in [4.78, 5) is 11.6. The maximum atomic E-state index is 13.6. The second-order valence-corrected chi connectivity index (χ2v) is 5.93. The van der Waals surface area contributed by atoms with Crippen molar-refractivity contribution in [3.8, 4) is 0 Å². The van der Waals surface area contributed by atoms with Crippen molar-refractivity contribution in [1.82, 2.24) is 0 Å². The van der Waals surface area contributed by atoms with Gasteiger partial charge in [0.1, 0.15) is 11.9 Å². The van der Waals surface area contributed by atoms with Gasteiger partial charge in [0, 0.05) is 10.2 Å². The average Bonchev–Trinajstić information content (AvgIpc) is 2.41. The van der Waals surface area contributed by atoms with Gasteiger partial charge < -0.3 is 11.1 Å². The number of carbonyl (C=O) groups excluding carboxylic acids is 1. The van der Waals surface area contributed by atoms with Crippen LogP contribution in [0.15, 0.2) is 51.4 Å². The number of primary amides is 1. The average molecular weight is 402 g/mol. The number of halogens is 3. The van der Waals surface area contributed by atoms with Gasteiger partial charge in [-0.25, -0.2) is 4.39 Å². The van der Waals surface area contributed by atoms with Crippen molar-refractivity contribution in [2.24, 2.45) is 5.73 Å². The number of benzene rings is 2. The third-order valence-corrected chi connectivity index (χ3v) is 3.89. The molecule has 3 N–H and O–H groups in total. The van der Waals surface area contributed by atoms with Crippen LogP contribution in [-0.2, 0) is 4.79 Å². The van der Waals surface area contributed by atoms with E-state index in [1.807, 2.05) is 12.1 Å². The fourth-order valence-corrected chi connectivity index (χ4v) is 2.23. The molecule has 0 fully saturated rings. The largest absolute Gasteiger partial charge is 0.370 e. The summed E-state index contributed by atoms with van der Waals surface area (Å²) < 4.78 is 14.8. The molecule has 3 nitrogen and oxygen atoms in total. The Morgan fingerprint density at radius 2 is 1.80 bits per heavy atom. The fraction of sp³-hybridized carbons (Fsp3) is 0.0714. The summed E-state index contributed by atoms with van der Waals surface area (Å²) in [5, 5.41) is 2.99. The summed E-state index contributed by atoms with van der Waals surface area (Å²) in [5.74, 6) is -1.01. The predicted molar refractivity (Wildman–Crippen MR) is 83.8 cm³/mol. The standard InChI is InChI=1S/C14H11Br2FN2O/c15-9-2-4-10(5-3-9)19-13(14(18)20)8-1-6-11(16)12(17)7-8/h1-7,13,19H,(H2,18,20). The van der Waals surface area contributed by atoms with Crippen molar-refractivity contribution in [3.63, 3.8) is 0 Å². The zero-order chi connectivity index (χ0) is 14.7. The summed E-state index contributed by atoms with van der Waals surface area (Å²) in [5.41, 5.74) is 6.59. The lowest BCUT2D eigenvalue weighted by atomic mass is 10.1. The van der Waals surface area contributed by atoms with Crippen LogP contribution in [0.4, 0.5) is 10.1 Å². The molecule has 0 bridgehead atoms. The highest BCUT2D eigenvalue weighted by atomic mass is 79.9. The maximum Gasteiger partial charge on any atom is 0.244 e. The van der Waals surface area contributed by atoms with Crippen LogP contribution in [0.25, 0.3) is 0 Å². The Balaban J connectivity index is 2.29. The van der Waals surface area contributed by atoms with Gasteiger partial charge in [-0.3, -0.25) is 4.79 Å². The quantitative estimate of drug-likeness (QED) is 0.813. The van der Waals surface area contributed by atoms with Crippen molar-refractivity contribution in [2.45, 2.75) is 6.04 Å². The van der Waals surface area contributed by atoms with Crippen molar-refractivity contribution in [3.05, 3.63) is 62.8 Å². The Kier molecular flexibility index (Phi) is 4.77. The smallest absolute Gasteiger partial charge is 0.244 e. The van der Waals surface area contributed by atoms with Gasteiger partial charge in [0.15, 0.2) is 0 Å². The molecule has 2 rings (SSSR count). The lowest BCUT2D eigenvalue weighted by Gasteiger charge is -2.17. The number of rotatable bonds is 4. The first-order valence-electron chi connectivity index (χ1n) is 5.74. The van der Waals surface area contributed by atoms with Crippen LogP contribution in [0.5, 0.6) is 0 Å². The van der Waals surface area contributed by atoms with Gasteiger partial charge in [-0.1, -0.05) is 22.0 Å². The lowest BCUT2D eigenvalue weighted by Crippen LogP contribution is -2.27. The van der Waals surface area contributed by atoms with Gasteiger partial charge >= 0.3 is 0 Å². The Hall–Kier alpha value is -1.40. The highest BCUT2D eigenvalue weighted by molar-refractivity contribution is 9.10. The second-order valence-electron chi connectivity index (χ2n) is 4.16. The molecule has 1 amide bonds. The third kappa shape index (κ3) is 3.58. The van der Waals surface area contributed by atoms with E-state index in [-0.39, 0.29) is 0 Å². The van der Waals surface area contributed by atoms with E-state index >= 15 is 0 Å². The molecule has 6 heteroatoms. The number of anilines is 1. The first kappa shape index (κ1) is 15.0. The van der Waals surface area contributed by atoms with Crippen LogP contribution >= 0.6 is 31.9 Å². The SMILES string of the molecule is NC(=O)C(Nc1ccc(Br)cc1)c1ccc(Br)c(F)c1. The third-order valence-electron chi connectivity index (χ3n) is 2.72. The van der Waals surface area contributed by atoms with E-state index in [4.69, 9.17) is 5.73 Å². The number of carbonyl (C=O) groups is 1. The predicted octanol–water partition coefficient (Wildman–Crippen LogP) is 3.99. The van der Waals surface area contributed by atoms with Crippen LogP contribution < -0.4 is 11.1 Å². The minimum Gasteiger partial charge on any atom is -0.370 e. The molecule has 20 heavy (non-hydrogen) atoms. The number of hydrogen-bond acceptors (Lipinski definition) is 2. The molecule has 0 saturated heterocycles. The van der Waals surface area contributed by atoms with Crippen LogP contribution in [0, 0.1) is 5.82 Å². The maximum absolute atomic E-state index is 13.6. The Morgan fingerprint density at radius 1 is 1.15 bits per heavy atom. The van der Waals surface area contributed by atoms with E-state index in [1.165, 1.54) is 6.07 Å². The summed E-state index contributed by atoms with van der Waals surface area (Å²) in [6, 6.07) is 11.0. The topological polar surface area (TPSA) is 55.1 Å². The minimum atomic E-state index is -0.793. The van der Waals surface area contributed by atoms with E-state index < -0.39 is 17.8 Å².